The Hall–Kier alpha value is -1.74. The van der Waals surface area contributed by atoms with Gasteiger partial charge in [0, 0.05) is 17.8 Å². The van der Waals surface area contributed by atoms with Gasteiger partial charge >= 0.3 is 0 Å². The molecule has 116 valence electrons. The summed E-state index contributed by atoms with van der Waals surface area (Å²) in [6, 6.07) is 4.23. The van der Waals surface area contributed by atoms with Gasteiger partial charge in [0.25, 0.3) is 5.69 Å². The van der Waals surface area contributed by atoms with E-state index in [0.29, 0.717) is 11.3 Å². The lowest BCUT2D eigenvalue weighted by atomic mass is 9.99. The van der Waals surface area contributed by atoms with E-state index < -0.39 is 35.6 Å². The zero-order chi connectivity index (χ0) is 15.7. The molecule has 0 aromatic heterocycles. The highest BCUT2D eigenvalue weighted by Gasteiger charge is 2.41. The number of hydrogen-bond donors (Lipinski definition) is 4. The number of ether oxygens (including phenoxy) is 1. The molecule has 0 bridgehead atoms. The third-order valence-corrected chi connectivity index (χ3v) is 3.57. The SMILES string of the molecule is Cc1cc([N+](=O)[O-])ccc1N[C@H]1O[C@H](C)[C@@H](O)[C@H](O)[C@@H]1O. The molecule has 4 N–H and O–H groups in total. The van der Waals surface area contributed by atoms with Crippen LogP contribution < -0.4 is 5.32 Å². The number of nitro benzene ring substituents is 1. The quantitative estimate of drug-likeness (QED) is 0.462. The fourth-order valence-electron chi connectivity index (χ4n) is 2.25. The zero-order valence-corrected chi connectivity index (χ0v) is 11.6. The molecule has 0 aliphatic carbocycles. The predicted molar refractivity (Wildman–Crippen MR) is 73.8 cm³/mol. The molecule has 0 spiro atoms. The Balaban J connectivity index is 2.16. The maximum atomic E-state index is 10.7. The lowest BCUT2D eigenvalue weighted by Crippen LogP contribution is -2.58. The Kier molecular flexibility index (Phi) is 4.43. The first-order chi connectivity index (χ1) is 9.81. The standard InChI is InChI=1S/C13H18N2O6/c1-6-5-8(15(19)20)3-4-9(6)14-13-12(18)11(17)10(16)7(2)21-13/h3-5,7,10-14,16-18H,1-2H3/t7-,10-,11+,12+,13+/m1/s1. The maximum Gasteiger partial charge on any atom is 0.269 e. The van der Waals surface area contributed by atoms with Crippen molar-refractivity contribution in [1.29, 1.82) is 0 Å². The van der Waals surface area contributed by atoms with Crippen LogP contribution >= 0.6 is 0 Å². The highest BCUT2D eigenvalue weighted by molar-refractivity contribution is 5.55. The van der Waals surface area contributed by atoms with Crippen molar-refractivity contribution in [1.82, 2.24) is 0 Å². The zero-order valence-electron chi connectivity index (χ0n) is 11.6. The highest BCUT2D eigenvalue weighted by atomic mass is 16.6. The smallest absolute Gasteiger partial charge is 0.269 e. The summed E-state index contributed by atoms with van der Waals surface area (Å²) in [5.74, 6) is 0. The van der Waals surface area contributed by atoms with Crippen molar-refractivity contribution in [2.75, 3.05) is 5.32 Å². The van der Waals surface area contributed by atoms with Crippen molar-refractivity contribution < 1.29 is 25.0 Å². The van der Waals surface area contributed by atoms with Crippen LogP contribution in [0.1, 0.15) is 12.5 Å². The van der Waals surface area contributed by atoms with Gasteiger partial charge in [0.2, 0.25) is 0 Å². The number of anilines is 1. The summed E-state index contributed by atoms with van der Waals surface area (Å²) < 4.78 is 5.41. The van der Waals surface area contributed by atoms with Gasteiger partial charge in [-0.25, -0.2) is 0 Å². The summed E-state index contributed by atoms with van der Waals surface area (Å²) in [6.07, 6.45) is -5.38. The monoisotopic (exact) mass is 298 g/mol. The first kappa shape index (κ1) is 15.6. The van der Waals surface area contributed by atoms with Crippen molar-refractivity contribution in [3.05, 3.63) is 33.9 Å². The van der Waals surface area contributed by atoms with Gasteiger partial charge in [0.05, 0.1) is 11.0 Å². The lowest BCUT2D eigenvalue weighted by Gasteiger charge is -2.40. The van der Waals surface area contributed by atoms with E-state index in [1.54, 1.807) is 13.8 Å². The number of aliphatic hydroxyl groups excluding tert-OH is 3. The molecule has 1 aromatic rings. The van der Waals surface area contributed by atoms with Crippen molar-refractivity contribution in [2.24, 2.45) is 0 Å². The van der Waals surface area contributed by atoms with E-state index in [-0.39, 0.29) is 5.69 Å². The van der Waals surface area contributed by atoms with Gasteiger partial charge in [-0.15, -0.1) is 0 Å². The second-order valence-electron chi connectivity index (χ2n) is 5.13. The van der Waals surface area contributed by atoms with Crippen LogP contribution in [0.15, 0.2) is 18.2 Å². The van der Waals surface area contributed by atoms with E-state index in [1.165, 1.54) is 18.2 Å². The van der Waals surface area contributed by atoms with Gasteiger partial charge in [-0.05, 0) is 25.5 Å². The van der Waals surface area contributed by atoms with Gasteiger partial charge in [0.1, 0.15) is 18.3 Å². The number of non-ortho nitro benzene ring substituents is 1. The molecule has 8 nitrogen and oxygen atoms in total. The van der Waals surface area contributed by atoms with E-state index in [9.17, 15) is 25.4 Å². The van der Waals surface area contributed by atoms with Crippen molar-refractivity contribution >= 4 is 11.4 Å². The molecule has 0 unspecified atom stereocenters. The molecule has 1 heterocycles. The number of benzene rings is 1. The number of nitro groups is 1. The van der Waals surface area contributed by atoms with Crippen LogP contribution in [0.5, 0.6) is 0 Å². The van der Waals surface area contributed by atoms with Gasteiger partial charge in [0.15, 0.2) is 6.23 Å². The third kappa shape index (κ3) is 3.13. The molecule has 1 aliphatic heterocycles. The third-order valence-electron chi connectivity index (χ3n) is 3.57. The molecule has 1 aromatic carbocycles. The van der Waals surface area contributed by atoms with Gasteiger partial charge in [-0.1, -0.05) is 0 Å². The van der Waals surface area contributed by atoms with Crippen LogP contribution in [0.25, 0.3) is 0 Å². The Labute approximate surface area is 121 Å². The Bertz CT molecular complexity index is 537. The summed E-state index contributed by atoms with van der Waals surface area (Å²) in [6.45, 7) is 3.26. The lowest BCUT2D eigenvalue weighted by molar-refractivity contribution is -0.384. The predicted octanol–water partition coefficient (Wildman–Crippen LogP) is 0.143. The summed E-state index contributed by atoms with van der Waals surface area (Å²) in [4.78, 5) is 10.2. The molecular formula is C13H18N2O6. The second-order valence-corrected chi connectivity index (χ2v) is 5.13. The fraction of sp³-hybridized carbons (Fsp3) is 0.538. The fourth-order valence-corrected chi connectivity index (χ4v) is 2.25. The first-order valence-electron chi connectivity index (χ1n) is 6.52. The number of nitrogens with zero attached hydrogens (tertiary/aromatic N) is 1. The van der Waals surface area contributed by atoms with E-state index in [2.05, 4.69) is 5.32 Å². The number of aliphatic hydroxyl groups is 3. The Morgan fingerprint density at radius 1 is 1.24 bits per heavy atom. The number of aryl methyl sites for hydroxylation is 1. The summed E-state index contributed by atoms with van der Waals surface area (Å²) in [5, 5.41) is 42.8. The molecule has 8 heteroatoms. The summed E-state index contributed by atoms with van der Waals surface area (Å²) in [7, 11) is 0. The van der Waals surface area contributed by atoms with Gasteiger partial charge in [-0.3, -0.25) is 10.1 Å². The van der Waals surface area contributed by atoms with E-state index >= 15 is 0 Å². The molecule has 1 aliphatic rings. The molecule has 1 saturated heterocycles. The van der Waals surface area contributed by atoms with Gasteiger partial charge < -0.3 is 25.4 Å². The first-order valence-corrected chi connectivity index (χ1v) is 6.52. The normalized spacial score (nSPS) is 32.7. The van der Waals surface area contributed by atoms with Crippen molar-refractivity contribution in [3.63, 3.8) is 0 Å². The molecule has 0 saturated carbocycles. The Morgan fingerprint density at radius 3 is 2.48 bits per heavy atom. The maximum absolute atomic E-state index is 10.7. The number of nitrogens with one attached hydrogen (secondary N) is 1. The second kappa shape index (κ2) is 5.94. The molecule has 5 atom stereocenters. The molecule has 21 heavy (non-hydrogen) atoms. The van der Waals surface area contributed by atoms with Crippen LogP contribution in [0.4, 0.5) is 11.4 Å². The average Bonchev–Trinajstić information content (AvgIpc) is 2.44. The van der Waals surface area contributed by atoms with E-state index in [4.69, 9.17) is 4.74 Å². The highest BCUT2D eigenvalue weighted by Crippen LogP contribution is 2.26. The van der Waals surface area contributed by atoms with Crippen LogP contribution in [0, 0.1) is 17.0 Å². The minimum Gasteiger partial charge on any atom is -0.388 e. The van der Waals surface area contributed by atoms with Crippen LogP contribution in [-0.4, -0.2) is 50.9 Å². The summed E-state index contributed by atoms with van der Waals surface area (Å²) >= 11 is 0. The molecular weight excluding hydrogens is 280 g/mol. The Morgan fingerprint density at radius 2 is 1.90 bits per heavy atom. The van der Waals surface area contributed by atoms with Crippen LogP contribution in [-0.2, 0) is 4.74 Å². The molecule has 0 radical (unpaired) electrons. The largest absolute Gasteiger partial charge is 0.388 e. The van der Waals surface area contributed by atoms with Crippen molar-refractivity contribution in [2.45, 2.75) is 44.5 Å². The van der Waals surface area contributed by atoms with Crippen LogP contribution in [0.2, 0.25) is 0 Å². The molecule has 0 amide bonds. The molecule has 1 fully saturated rings. The number of hydrogen-bond acceptors (Lipinski definition) is 7. The minimum atomic E-state index is -1.33. The van der Waals surface area contributed by atoms with Gasteiger partial charge in [-0.2, -0.15) is 0 Å². The van der Waals surface area contributed by atoms with Crippen LogP contribution in [0.3, 0.4) is 0 Å². The minimum absolute atomic E-state index is 0.0352. The topological polar surface area (TPSA) is 125 Å². The summed E-state index contributed by atoms with van der Waals surface area (Å²) in [5.41, 5.74) is 1.11. The van der Waals surface area contributed by atoms with Crippen molar-refractivity contribution in [3.8, 4) is 0 Å². The van der Waals surface area contributed by atoms with E-state index in [0.717, 1.165) is 0 Å². The number of rotatable bonds is 3. The molecule has 2 rings (SSSR count). The van der Waals surface area contributed by atoms with E-state index in [1.807, 2.05) is 0 Å². The average molecular weight is 298 g/mol.